The Balaban J connectivity index is 1.75. The second kappa shape index (κ2) is 8.16. The first-order valence-electron chi connectivity index (χ1n) is 7.65. The average molecular weight is 412 g/mol. The van der Waals surface area contributed by atoms with E-state index in [1.54, 1.807) is 31.4 Å². The summed E-state index contributed by atoms with van der Waals surface area (Å²) in [6.45, 7) is 0. The van der Waals surface area contributed by atoms with Gasteiger partial charge in [0.25, 0.3) is 5.91 Å². The molecule has 1 aliphatic heterocycles. The van der Waals surface area contributed by atoms with Gasteiger partial charge in [0.15, 0.2) is 0 Å². The van der Waals surface area contributed by atoms with Gasteiger partial charge in [0, 0.05) is 11.4 Å². The van der Waals surface area contributed by atoms with Gasteiger partial charge in [0.1, 0.15) is 22.6 Å². The fraction of sp³-hybridized carbons (Fsp3) is 0.235. The lowest BCUT2D eigenvalue weighted by molar-refractivity contribution is -0.119. The molecular formula is C17H15Cl2N3O3S. The van der Waals surface area contributed by atoms with E-state index in [9.17, 15) is 9.59 Å². The molecule has 2 heterocycles. The number of halogens is 2. The molecule has 26 heavy (non-hydrogen) atoms. The Hall–Kier alpha value is -1.96. The molecule has 6 nitrogen and oxygen atoms in total. The highest BCUT2D eigenvalue weighted by atomic mass is 35.5. The van der Waals surface area contributed by atoms with Gasteiger partial charge in [0.2, 0.25) is 5.91 Å². The van der Waals surface area contributed by atoms with Crippen LogP contribution in [-0.2, 0) is 4.79 Å². The molecule has 136 valence electrons. The van der Waals surface area contributed by atoms with Crippen LogP contribution in [0.2, 0.25) is 10.2 Å². The highest BCUT2D eigenvalue weighted by molar-refractivity contribution is 7.99. The van der Waals surface area contributed by atoms with E-state index in [2.05, 4.69) is 10.3 Å². The summed E-state index contributed by atoms with van der Waals surface area (Å²) in [5.74, 6) is 0.873. The summed E-state index contributed by atoms with van der Waals surface area (Å²) >= 11 is 13.4. The maximum absolute atomic E-state index is 12.8. The molecule has 1 aliphatic rings. The van der Waals surface area contributed by atoms with E-state index in [-0.39, 0.29) is 21.8 Å². The van der Waals surface area contributed by atoms with Crippen molar-refractivity contribution in [2.75, 3.05) is 24.1 Å². The molecule has 0 spiro atoms. The lowest BCUT2D eigenvalue weighted by Gasteiger charge is -2.23. The summed E-state index contributed by atoms with van der Waals surface area (Å²) in [5, 5.41) is 3.19. The van der Waals surface area contributed by atoms with Gasteiger partial charge in [-0.25, -0.2) is 4.98 Å². The monoisotopic (exact) mass is 411 g/mol. The first-order valence-corrected chi connectivity index (χ1v) is 9.56. The first kappa shape index (κ1) is 18.8. The molecule has 1 aromatic carbocycles. The fourth-order valence-electron chi connectivity index (χ4n) is 2.46. The number of nitrogens with one attached hydrogen (secondary N) is 1. The molecule has 0 radical (unpaired) electrons. The molecule has 0 saturated carbocycles. The van der Waals surface area contributed by atoms with Crippen LogP contribution in [0.5, 0.6) is 5.75 Å². The number of benzene rings is 1. The quantitative estimate of drug-likeness (QED) is 0.778. The number of carbonyl (C=O) groups is 2. The number of hydrogen-bond donors (Lipinski definition) is 1. The molecule has 9 heteroatoms. The van der Waals surface area contributed by atoms with Gasteiger partial charge >= 0.3 is 0 Å². The summed E-state index contributed by atoms with van der Waals surface area (Å²) in [7, 11) is 1.57. The van der Waals surface area contributed by atoms with Crippen molar-refractivity contribution in [1.29, 1.82) is 0 Å². The third-order valence-corrected chi connectivity index (χ3v) is 5.35. The topological polar surface area (TPSA) is 71.5 Å². The van der Waals surface area contributed by atoms with E-state index in [0.29, 0.717) is 23.1 Å². The lowest BCUT2D eigenvalue weighted by atomic mass is 10.2. The number of amides is 2. The van der Waals surface area contributed by atoms with Crippen molar-refractivity contribution in [3.63, 3.8) is 0 Å². The number of nitrogens with zero attached hydrogens (tertiary/aromatic N) is 2. The Morgan fingerprint density at radius 2 is 1.96 bits per heavy atom. The normalized spacial score (nSPS) is 16.4. The Morgan fingerprint density at radius 1 is 1.23 bits per heavy atom. The van der Waals surface area contributed by atoms with E-state index >= 15 is 0 Å². The lowest BCUT2D eigenvalue weighted by Crippen LogP contribution is -2.44. The van der Waals surface area contributed by atoms with Crippen LogP contribution in [0, 0.1) is 0 Å². The summed E-state index contributed by atoms with van der Waals surface area (Å²) in [5.41, 5.74) is 0.669. The largest absolute Gasteiger partial charge is 0.497 e. The number of thioether (sulfide) groups is 1. The minimum Gasteiger partial charge on any atom is -0.497 e. The smallest absolute Gasteiger partial charge is 0.275 e. The first-order chi connectivity index (χ1) is 12.5. The van der Waals surface area contributed by atoms with Gasteiger partial charge in [-0.3, -0.25) is 9.59 Å². The van der Waals surface area contributed by atoms with E-state index in [1.165, 1.54) is 28.8 Å². The Labute approximate surface area is 164 Å². The van der Waals surface area contributed by atoms with E-state index < -0.39 is 11.9 Å². The highest BCUT2D eigenvalue weighted by Crippen LogP contribution is 2.27. The molecule has 1 unspecified atom stereocenters. The SMILES string of the molecule is COc1ccc(NC(=O)C2CSCN2C(=O)c2nc(Cl)ccc2Cl)cc1. The molecular weight excluding hydrogens is 397 g/mol. The van der Waals surface area contributed by atoms with Gasteiger partial charge in [-0.05, 0) is 36.4 Å². The van der Waals surface area contributed by atoms with E-state index in [4.69, 9.17) is 27.9 Å². The summed E-state index contributed by atoms with van der Waals surface area (Å²) in [6.07, 6.45) is 0. The molecule has 1 N–H and O–H groups in total. The predicted molar refractivity (Wildman–Crippen MR) is 103 cm³/mol. The average Bonchev–Trinajstić information content (AvgIpc) is 3.13. The Kier molecular flexibility index (Phi) is 5.90. The van der Waals surface area contributed by atoms with Gasteiger partial charge in [-0.2, -0.15) is 0 Å². The van der Waals surface area contributed by atoms with Crippen molar-refractivity contribution in [3.8, 4) is 5.75 Å². The number of carbonyl (C=O) groups excluding carboxylic acids is 2. The summed E-state index contributed by atoms with van der Waals surface area (Å²) in [4.78, 5) is 30.9. The minimum absolute atomic E-state index is 0.0453. The van der Waals surface area contributed by atoms with Crippen LogP contribution >= 0.6 is 35.0 Å². The summed E-state index contributed by atoms with van der Waals surface area (Å²) < 4.78 is 5.09. The number of rotatable bonds is 4. The molecule has 0 aliphatic carbocycles. The predicted octanol–water partition coefficient (Wildman–Crippen LogP) is 3.55. The molecule has 1 fully saturated rings. The second-order valence-electron chi connectivity index (χ2n) is 5.47. The van der Waals surface area contributed by atoms with Crippen LogP contribution in [0.1, 0.15) is 10.5 Å². The third-order valence-electron chi connectivity index (χ3n) is 3.82. The standard InChI is InChI=1S/C17H15Cl2N3O3S/c1-25-11-4-2-10(3-5-11)20-16(23)13-8-26-9-22(13)17(24)15-12(18)6-7-14(19)21-15/h2-7,13H,8-9H2,1H3,(H,20,23). The van der Waals surface area contributed by atoms with Gasteiger partial charge < -0.3 is 15.0 Å². The molecule has 0 bridgehead atoms. The zero-order chi connectivity index (χ0) is 18.7. The molecule has 2 aromatic rings. The van der Waals surface area contributed by atoms with Crippen LogP contribution in [0.15, 0.2) is 36.4 Å². The number of aromatic nitrogens is 1. The van der Waals surface area contributed by atoms with Crippen LogP contribution in [0.3, 0.4) is 0 Å². The fourth-order valence-corrected chi connectivity index (χ4v) is 3.95. The van der Waals surface area contributed by atoms with E-state index in [0.717, 1.165) is 0 Å². The van der Waals surface area contributed by atoms with Crippen LogP contribution < -0.4 is 10.1 Å². The van der Waals surface area contributed by atoms with Crippen LogP contribution in [0.25, 0.3) is 0 Å². The second-order valence-corrected chi connectivity index (χ2v) is 7.27. The Morgan fingerprint density at radius 3 is 2.65 bits per heavy atom. The maximum Gasteiger partial charge on any atom is 0.275 e. The molecule has 3 rings (SSSR count). The molecule has 2 amide bonds. The number of anilines is 1. The summed E-state index contributed by atoms with van der Waals surface area (Å²) in [6, 6.07) is 9.37. The van der Waals surface area contributed by atoms with Gasteiger partial charge in [0.05, 0.1) is 18.0 Å². The molecule has 1 atom stereocenters. The number of hydrogen-bond acceptors (Lipinski definition) is 5. The molecule has 1 saturated heterocycles. The van der Waals surface area contributed by atoms with E-state index in [1.807, 2.05) is 0 Å². The number of pyridine rings is 1. The maximum atomic E-state index is 12.8. The van der Waals surface area contributed by atoms with Crippen molar-refractivity contribution in [2.45, 2.75) is 6.04 Å². The minimum atomic E-state index is -0.619. The highest BCUT2D eigenvalue weighted by Gasteiger charge is 2.36. The van der Waals surface area contributed by atoms with Crippen molar-refractivity contribution < 1.29 is 14.3 Å². The van der Waals surface area contributed by atoms with Gasteiger partial charge in [-0.15, -0.1) is 11.8 Å². The Bertz CT molecular complexity index is 833. The van der Waals surface area contributed by atoms with Crippen molar-refractivity contribution in [3.05, 3.63) is 52.3 Å². The zero-order valence-corrected chi connectivity index (χ0v) is 16.1. The third kappa shape index (κ3) is 4.06. The zero-order valence-electron chi connectivity index (χ0n) is 13.7. The van der Waals surface area contributed by atoms with Crippen molar-refractivity contribution in [1.82, 2.24) is 9.88 Å². The number of ether oxygens (including phenoxy) is 1. The van der Waals surface area contributed by atoms with Crippen LogP contribution in [0.4, 0.5) is 5.69 Å². The van der Waals surface area contributed by atoms with Crippen molar-refractivity contribution in [2.24, 2.45) is 0 Å². The molecule has 1 aromatic heterocycles. The van der Waals surface area contributed by atoms with Gasteiger partial charge in [-0.1, -0.05) is 23.2 Å². The van der Waals surface area contributed by atoms with Crippen LogP contribution in [-0.4, -0.2) is 46.5 Å². The number of methoxy groups -OCH3 is 1. The van der Waals surface area contributed by atoms with Crippen molar-refractivity contribution >= 4 is 52.5 Å².